The maximum Gasteiger partial charge on any atom is 0.265 e. The molecule has 0 bridgehead atoms. The molecule has 138 valence electrons. The van der Waals surface area contributed by atoms with E-state index in [4.69, 9.17) is 9.47 Å². The van der Waals surface area contributed by atoms with Crippen molar-refractivity contribution in [3.63, 3.8) is 0 Å². The van der Waals surface area contributed by atoms with Gasteiger partial charge in [-0.1, -0.05) is 13.0 Å². The van der Waals surface area contributed by atoms with Crippen molar-refractivity contribution in [2.75, 3.05) is 33.0 Å². The molecule has 0 aliphatic carbocycles. The molecule has 2 aliphatic rings. The van der Waals surface area contributed by atoms with Crippen LogP contribution in [-0.4, -0.2) is 53.7 Å². The second-order valence-electron chi connectivity index (χ2n) is 6.62. The molecule has 1 saturated heterocycles. The summed E-state index contributed by atoms with van der Waals surface area (Å²) in [6.45, 7) is 8.43. The van der Waals surface area contributed by atoms with Gasteiger partial charge in [0.25, 0.3) is 5.91 Å². The number of ether oxygens (including phenoxy) is 2. The first kappa shape index (κ1) is 17.3. The fourth-order valence-electron chi connectivity index (χ4n) is 3.43. The predicted octanol–water partition coefficient (Wildman–Crippen LogP) is 2.70. The highest BCUT2D eigenvalue weighted by molar-refractivity contribution is 7.13. The number of hydrogen-bond acceptors (Lipinski definition) is 6. The smallest absolute Gasteiger partial charge is 0.265 e. The lowest BCUT2D eigenvalue weighted by Gasteiger charge is -2.34. The number of aryl methyl sites for hydroxylation is 2. The van der Waals surface area contributed by atoms with Crippen molar-refractivity contribution < 1.29 is 14.3 Å². The normalized spacial score (nSPS) is 16.9. The first-order valence-corrected chi connectivity index (χ1v) is 9.82. The Kier molecular flexibility index (Phi) is 4.82. The number of carbonyl (C=O) groups is 1. The van der Waals surface area contributed by atoms with Gasteiger partial charge >= 0.3 is 0 Å². The number of fused-ring (bicyclic) bond motifs is 1. The van der Waals surface area contributed by atoms with Gasteiger partial charge in [-0.15, -0.1) is 11.3 Å². The lowest BCUT2D eigenvalue weighted by molar-refractivity contribution is 0.0632. The zero-order chi connectivity index (χ0) is 18.1. The van der Waals surface area contributed by atoms with E-state index in [1.807, 2.05) is 24.0 Å². The summed E-state index contributed by atoms with van der Waals surface area (Å²) in [7, 11) is 0. The molecule has 1 aromatic carbocycles. The third-order valence-electron chi connectivity index (χ3n) is 4.84. The Morgan fingerprint density at radius 3 is 2.73 bits per heavy atom. The molecule has 1 aromatic heterocycles. The van der Waals surface area contributed by atoms with E-state index in [9.17, 15) is 4.79 Å². The van der Waals surface area contributed by atoms with Gasteiger partial charge in [0.05, 0.1) is 10.7 Å². The van der Waals surface area contributed by atoms with Gasteiger partial charge in [0, 0.05) is 32.7 Å². The van der Waals surface area contributed by atoms with Crippen molar-refractivity contribution in [3.8, 4) is 11.5 Å². The summed E-state index contributed by atoms with van der Waals surface area (Å²) in [4.78, 5) is 22.5. The quantitative estimate of drug-likeness (QED) is 0.825. The Morgan fingerprint density at radius 1 is 1.19 bits per heavy atom. The minimum atomic E-state index is 0.134. The number of amides is 1. The summed E-state index contributed by atoms with van der Waals surface area (Å²) in [5.41, 5.74) is 2.14. The van der Waals surface area contributed by atoms with E-state index >= 15 is 0 Å². The van der Waals surface area contributed by atoms with E-state index in [0.717, 1.165) is 66.2 Å². The van der Waals surface area contributed by atoms with E-state index in [2.05, 4.69) is 22.9 Å². The molecule has 6 nitrogen and oxygen atoms in total. The van der Waals surface area contributed by atoms with Crippen LogP contribution in [0, 0.1) is 6.92 Å². The predicted molar refractivity (Wildman–Crippen MR) is 100.0 cm³/mol. The van der Waals surface area contributed by atoms with Gasteiger partial charge in [-0.05, 0) is 31.0 Å². The van der Waals surface area contributed by atoms with Gasteiger partial charge in [0.1, 0.15) is 4.88 Å². The van der Waals surface area contributed by atoms with Crippen LogP contribution in [-0.2, 0) is 13.0 Å². The highest BCUT2D eigenvalue weighted by Crippen LogP contribution is 2.33. The molecule has 0 spiro atoms. The van der Waals surface area contributed by atoms with Crippen LogP contribution < -0.4 is 9.47 Å². The molecule has 1 fully saturated rings. The van der Waals surface area contributed by atoms with Crippen LogP contribution in [0.15, 0.2) is 18.2 Å². The molecule has 7 heteroatoms. The number of carbonyl (C=O) groups excluding carboxylic acids is 1. The Labute approximate surface area is 157 Å². The van der Waals surface area contributed by atoms with Crippen LogP contribution in [0.5, 0.6) is 11.5 Å². The minimum Gasteiger partial charge on any atom is -0.454 e. The van der Waals surface area contributed by atoms with Crippen molar-refractivity contribution in [2.24, 2.45) is 0 Å². The largest absolute Gasteiger partial charge is 0.454 e. The van der Waals surface area contributed by atoms with Crippen molar-refractivity contribution in [2.45, 2.75) is 26.8 Å². The number of rotatable bonds is 4. The monoisotopic (exact) mass is 373 g/mol. The topological polar surface area (TPSA) is 54.9 Å². The lowest BCUT2D eigenvalue weighted by atomic mass is 10.1. The van der Waals surface area contributed by atoms with Crippen molar-refractivity contribution >= 4 is 17.2 Å². The molecule has 26 heavy (non-hydrogen) atoms. The maximum absolute atomic E-state index is 12.8. The van der Waals surface area contributed by atoms with Crippen molar-refractivity contribution in [1.82, 2.24) is 14.8 Å². The first-order chi connectivity index (χ1) is 12.6. The van der Waals surface area contributed by atoms with Gasteiger partial charge < -0.3 is 14.4 Å². The van der Waals surface area contributed by atoms with Gasteiger partial charge in [0.2, 0.25) is 6.79 Å². The average molecular weight is 373 g/mol. The van der Waals surface area contributed by atoms with E-state index < -0.39 is 0 Å². The minimum absolute atomic E-state index is 0.134. The van der Waals surface area contributed by atoms with E-state index in [1.165, 1.54) is 16.9 Å². The number of nitrogens with zero attached hydrogens (tertiary/aromatic N) is 3. The van der Waals surface area contributed by atoms with E-state index in [1.54, 1.807) is 0 Å². The second kappa shape index (κ2) is 7.25. The molecule has 0 atom stereocenters. The van der Waals surface area contributed by atoms with Crippen LogP contribution in [0.3, 0.4) is 0 Å². The summed E-state index contributed by atoms with van der Waals surface area (Å²) in [6.07, 6.45) is 0.801. The van der Waals surface area contributed by atoms with E-state index in [0.29, 0.717) is 6.79 Å². The Bertz CT molecular complexity index is 812. The second-order valence-corrected chi connectivity index (χ2v) is 7.82. The average Bonchev–Trinajstić information content (AvgIpc) is 3.27. The first-order valence-electron chi connectivity index (χ1n) is 9.00. The van der Waals surface area contributed by atoms with E-state index in [-0.39, 0.29) is 5.91 Å². The third-order valence-corrected chi connectivity index (χ3v) is 5.84. The zero-order valence-corrected chi connectivity index (χ0v) is 16.0. The highest BCUT2D eigenvalue weighted by atomic mass is 32.1. The molecular formula is C19H23N3O3S. The molecule has 0 saturated carbocycles. The highest BCUT2D eigenvalue weighted by Gasteiger charge is 2.26. The van der Waals surface area contributed by atoms with Crippen molar-refractivity contribution in [3.05, 3.63) is 39.3 Å². The van der Waals surface area contributed by atoms with Crippen LogP contribution in [0.4, 0.5) is 0 Å². The molecule has 0 N–H and O–H groups in total. The summed E-state index contributed by atoms with van der Waals surface area (Å²) in [6, 6.07) is 6.10. The van der Waals surface area contributed by atoms with Gasteiger partial charge in [-0.25, -0.2) is 4.98 Å². The molecule has 1 amide bonds. The number of thiazole rings is 1. The SMILES string of the molecule is CCc1nc(C)sc1C(=O)N1CCN(Cc2ccc3c(c2)OCO3)CC1. The number of hydrogen-bond donors (Lipinski definition) is 0. The fraction of sp³-hybridized carbons (Fsp3) is 0.474. The zero-order valence-electron chi connectivity index (χ0n) is 15.2. The van der Waals surface area contributed by atoms with Crippen molar-refractivity contribution in [1.29, 1.82) is 0 Å². The summed E-state index contributed by atoms with van der Waals surface area (Å²) >= 11 is 1.51. The molecule has 3 heterocycles. The van der Waals surface area contributed by atoms with Crippen LogP contribution in [0.1, 0.15) is 32.9 Å². The summed E-state index contributed by atoms with van der Waals surface area (Å²) in [5, 5.41) is 0.964. The van der Waals surface area contributed by atoms with Gasteiger partial charge in [-0.2, -0.15) is 0 Å². The Morgan fingerprint density at radius 2 is 1.96 bits per heavy atom. The van der Waals surface area contributed by atoms with Crippen LogP contribution >= 0.6 is 11.3 Å². The Balaban J connectivity index is 1.36. The van der Waals surface area contributed by atoms with Gasteiger partial charge in [-0.3, -0.25) is 9.69 Å². The van der Waals surface area contributed by atoms with Gasteiger partial charge in [0.15, 0.2) is 11.5 Å². The Hall–Kier alpha value is -2.12. The standard InChI is InChI=1S/C19H23N3O3S/c1-3-15-18(26-13(2)20-15)19(23)22-8-6-21(7-9-22)11-14-4-5-16-17(10-14)25-12-24-16/h4-5,10H,3,6-9,11-12H2,1-2H3. The summed E-state index contributed by atoms with van der Waals surface area (Å²) in [5.74, 6) is 1.77. The number of piperazine rings is 1. The maximum atomic E-state index is 12.8. The lowest BCUT2D eigenvalue weighted by Crippen LogP contribution is -2.48. The number of aromatic nitrogens is 1. The fourth-order valence-corrected chi connectivity index (χ4v) is 4.40. The molecule has 0 radical (unpaired) electrons. The molecule has 0 unspecified atom stereocenters. The summed E-state index contributed by atoms with van der Waals surface area (Å²) < 4.78 is 10.8. The third kappa shape index (κ3) is 3.41. The molecule has 4 rings (SSSR count). The van der Waals surface area contributed by atoms with Crippen LogP contribution in [0.2, 0.25) is 0 Å². The van der Waals surface area contributed by atoms with Crippen LogP contribution in [0.25, 0.3) is 0 Å². The molecule has 2 aromatic rings. The molecular weight excluding hydrogens is 350 g/mol. The molecule has 2 aliphatic heterocycles. The number of benzene rings is 1.